The average molecular weight is 487 g/mol. The molecule has 1 aromatic carbocycles. The number of carbonyl (C=O) groups is 1. The summed E-state index contributed by atoms with van der Waals surface area (Å²) in [5.41, 5.74) is 2.83. The smallest absolute Gasteiger partial charge is 0.333 e. The molecule has 0 saturated heterocycles. The number of aryl methyl sites for hydroxylation is 2. The maximum absolute atomic E-state index is 13.2. The highest BCUT2D eigenvalue weighted by atomic mass is 32.2. The van der Waals surface area contributed by atoms with Gasteiger partial charge < -0.3 is 5.32 Å². The summed E-state index contributed by atoms with van der Waals surface area (Å²) in [4.78, 5) is 22.2. The van der Waals surface area contributed by atoms with Gasteiger partial charge in [0.05, 0.1) is 17.0 Å². The average Bonchev–Trinajstić information content (AvgIpc) is 3.46. The first-order valence-electron chi connectivity index (χ1n) is 10.8. The zero-order chi connectivity index (χ0) is 23.3. The van der Waals surface area contributed by atoms with Crippen molar-refractivity contribution >= 4 is 33.2 Å². The standard InChI is InChI=1S/C23H26N4O4S2/c24-33(29,30)31-13-17-8-9-19(10-17)27-23-20(12-25-15-26-23)22(28)21-11-18(14-32-21)7-6-16-4-2-1-3-5-16/h1-5,11-12,14-15,17,19H,6-10,13H2,(H2,24,29,30)(H,25,26,27)/t17-,19+/m1/s1. The zero-order valence-electron chi connectivity index (χ0n) is 18.0. The van der Waals surface area contributed by atoms with Gasteiger partial charge in [-0.3, -0.25) is 8.98 Å². The first-order chi connectivity index (χ1) is 15.9. The predicted molar refractivity (Wildman–Crippen MR) is 127 cm³/mol. The SMILES string of the molecule is NS(=O)(=O)OC[C@@H]1CC[C@H](Nc2ncncc2C(=O)c2cc(CCc3ccccc3)cs2)C1. The Morgan fingerprint density at radius 2 is 1.97 bits per heavy atom. The van der Waals surface area contributed by atoms with Gasteiger partial charge in [0.1, 0.15) is 12.1 Å². The zero-order valence-corrected chi connectivity index (χ0v) is 19.6. The van der Waals surface area contributed by atoms with Gasteiger partial charge >= 0.3 is 10.3 Å². The summed E-state index contributed by atoms with van der Waals surface area (Å²) >= 11 is 1.43. The fourth-order valence-corrected chi connectivity index (χ4v) is 5.33. The number of rotatable bonds is 10. The minimum atomic E-state index is -3.94. The van der Waals surface area contributed by atoms with E-state index in [-0.39, 0.29) is 24.3 Å². The van der Waals surface area contributed by atoms with E-state index in [1.165, 1.54) is 29.4 Å². The number of nitrogens with one attached hydrogen (secondary N) is 1. The lowest BCUT2D eigenvalue weighted by molar-refractivity contribution is 0.104. The first kappa shape index (κ1) is 23.5. The number of hydrogen-bond acceptors (Lipinski definition) is 8. The number of carbonyl (C=O) groups excluding carboxylic acids is 1. The van der Waals surface area contributed by atoms with E-state index in [9.17, 15) is 13.2 Å². The highest BCUT2D eigenvalue weighted by Gasteiger charge is 2.27. The third-order valence-corrected chi connectivity index (χ3v) is 7.17. The molecule has 2 aromatic heterocycles. The molecule has 0 amide bonds. The minimum absolute atomic E-state index is 0.0605. The lowest BCUT2D eigenvalue weighted by atomic mass is 10.1. The van der Waals surface area contributed by atoms with Gasteiger partial charge in [-0.2, -0.15) is 8.42 Å². The number of hydrogen-bond donors (Lipinski definition) is 2. The summed E-state index contributed by atoms with van der Waals surface area (Å²) in [7, 11) is -3.94. The lowest BCUT2D eigenvalue weighted by Crippen LogP contribution is -2.22. The number of nitrogens with two attached hydrogens (primary N) is 1. The van der Waals surface area contributed by atoms with Crippen molar-refractivity contribution in [2.45, 2.75) is 38.1 Å². The van der Waals surface area contributed by atoms with Crippen LogP contribution in [0.15, 0.2) is 54.3 Å². The van der Waals surface area contributed by atoms with Crippen LogP contribution >= 0.6 is 11.3 Å². The molecule has 8 nitrogen and oxygen atoms in total. The Labute approximate surface area is 197 Å². The van der Waals surface area contributed by atoms with Crippen molar-refractivity contribution < 1.29 is 17.4 Å². The van der Waals surface area contributed by atoms with Crippen LogP contribution in [0.1, 0.15) is 45.6 Å². The Morgan fingerprint density at radius 3 is 2.76 bits per heavy atom. The normalized spacial score (nSPS) is 18.3. The maximum Gasteiger partial charge on any atom is 0.333 e. The summed E-state index contributed by atoms with van der Waals surface area (Å²) in [5, 5.41) is 10.3. The van der Waals surface area contributed by atoms with Gasteiger partial charge in [0.25, 0.3) is 0 Å². The Bertz CT molecular complexity index is 1200. The second-order valence-corrected chi connectivity index (χ2v) is 10.3. The molecule has 1 aliphatic rings. The van der Waals surface area contributed by atoms with Crippen LogP contribution in [0.5, 0.6) is 0 Å². The lowest BCUT2D eigenvalue weighted by Gasteiger charge is -2.15. The van der Waals surface area contributed by atoms with Crippen molar-refractivity contribution in [3.05, 3.63) is 75.9 Å². The molecule has 3 aromatic rings. The van der Waals surface area contributed by atoms with Gasteiger partial charge in [-0.25, -0.2) is 15.1 Å². The predicted octanol–water partition coefficient (Wildman–Crippen LogP) is 3.36. The Balaban J connectivity index is 1.38. The molecule has 0 unspecified atom stereocenters. The van der Waals surface area contributed by atoms with E-state index < -0.39 is 10.3 Å². The molecule has 0 radical (unpaired) electrons. The van der Waals surface area contributed by atoms with Crippen LogP contribution in [0.2, 0.25) is 0 Å². The van der Waals surface area contributed by atoms with Crippen LogP contribution in [0, 0.1) is 5.92 Å². The summed E-state index contributed by atoms with van der Waals surface area (Å²) < 4.78 is 26.8. The van der Waals surface area contributed by atoms with E-state index in [0.717, 1.165) is 31.2 Å². The Hall–Kier alpha value is -2.66. The highest BCUT2D eigenvalue weighted by Crippen LogP contribution is 2.30. The number of ketones is 1. The molecule has 0 spiro atoms. The third-order valence-electron chi connectivity index (χ3n) is 5.73. The van der Waals surface area contributed by atoms with Crippen LogP contribution in [-0.4, -0.2) is 36.8 Å². The summed E-state index contributed by atoms with van der Waals surface area (Å²) in [6.45, 7) is 0.0630. The number of nitrogens with zero attached hydrogens (tertiary/aromatic N) is 2. The Morgan fingerprint density at radius 1 is 1.18 bits per heavy atom. The van der Waals surface area contributed by atoms with Crippen LogP contribution < -0.4 is 10.5 Å². The van der Waals surface area contributed by atoms with E-state index in [4.69, 9.17) is 9.32 Å². The number of thiophene rings is 1. The molecule has 1 fully saturated rings. The summed E-state index contributed by atoms with van der Waals surface area (Å²) in [5.74, 6) is 0.458. The molecule has 0 aliphatic heterocycles. The number of benzene rings is 1. The molecular weight excluding hydrogens is 460 g/mol. The largest absolute Gasteiger partial charge is 0.367 e. The molecule has 1 aliphatic carbocycles. The van der Waals surface area contributed by atoms with Crippen LogP contribution in [-0.2, 0) is 27.3 Å². The molecule has 33 heavy (non-hydrogen) atoms. The second-order valence-electron chi connectivity index (χ2n) is 8.22. The van der Waals surface area contributed by atoms with Gasteiger partial charge in [-0.15, -0.1) is 11.3 Å². The van der Waals surface area contributed by atoms with Crippen LogP contribution in [0.3, 0.4) is 0 Å². The topological polar surface area (TPSA) is 124 Å². The molecule has 10 heteroatoms. The van der Waals surface area contributed by atoms with Gasteiger partial charge in [0, 0.05) is 12.2 Å². The van der Waals surface area contributed by atoms with E-state index in [0.29, 0.717) is 22.7 Å². The van der Waals surface area contributed by atoms with Gasteiger partial charge in [0.2, 0.25) is 5.78 Å². The van der Waals surface area contributed by atoms with E-state index in [1.807, 2.05) is 29.6 Å². The second kappa shape index (κ2) is 10.5. The van der Waals surface area contributed by atoms with Crippen molar-refractivity contribution in [3.63, 3.8) is 0 Å². The van der Waals surface area contributed by atoms with E-state index in [1.54, 1.807) is 0 Å². The van der Waals surface area contributed by atoms with Gasteiger partial charge in [-0.05, 0) is 60.6 Å². The Kier molecular flexibility index (Phi) is 7.49. The highest BCUT2D eigenvalue weighted by molar-refractivity contribution is 7.84. The van der Waals surface area contributed by atoms with Crippen molar-refractivity contribution in [2.24, 2.45) is 11.1 Å². The monoisotopic (exact) mass is 486 g/mol. The van der Waals surface area contributed by atoms with Gasteiger partial charge in [-0.1, -0.05) is 30.3 Å². The number of anilines is 1. The molecular formula is C23H26N4O4S2. The van der Waals surface area contributed by atoms with Crippen LogP contribution in [0.25, 0.3) is 0 Å². The molecule has 174 valence electrons. The molecule has 4 rings (SSSR count). The van der Waals surface area contributed by atoms with E-state index >= 15 is 0 Å². The fourth-order valence-electron chi connectivity index (χ4n) is 4.04. The summed E-state index contributed by atoms with van der Waals surface area (Å²) in [6, 6.07) is 12.3. The van der Waals surface area contributed by atoms with Crippen molar-refractivity contribution in [1.29, 1.82) is 0 Å². The number of aromatic nitrogens is 2. The minimum Gasteiger partial charge on any atom is -0.367 e. The molecule has 3 N–H and O–H groups in total. The van der Waals surface area contributed by atoms with Crippen molar-refractivity contribution in [3.8, 4) is 0 Å². The fraction of sp³-hybridized carbons (Fsp3) is 0.348. The van der Waals surface area contributed by atoms with Gasteiger partial charge in [0.15, 0.2) is 0 Å². The molecule has 2 atom stereocenters. The quantitative estimate of drug-likeness (QED) is 0.421. The maximum atomic E-state index is 13.2. The van der Waals surface area contributed by atoms with Crippen molar-refractivity contribution in [2.75, 3.05) is 11.9 Å². The molecule has 2 heterocycles. The van der Waals surface area contributed by atoms with Crippen LogP contribution in [0.4, 0.5) is 5.82 Å². The van der Waals surface area contributed by atoms with E-state index in [2.05, 4.69) is 27.4 Å². The molecule has 1 saturated carbocycles. The third kappa shape index (κ3) is 6.67. The molecule has 0 bridgehead atoms. The summed E-state index contributed by atoms with van der Waals surface area (Å²) in [6.07, 6.45) is 7.07. The van der Waals surface area contributed by atoms with Crippen molar-refractivity contribution in [1.82, 2.24) is 9.97 Å². The first-order valence-corrected chi connectivity index (χ1v) is 13.1.